The molecule has 6 nitrogen and oxygen atoms in total. The van der Waals surface area contributed by atoms with Gasteiger partial charge in [-0.3, -0.25) is 10.1 Å². The van der Waals surface area contributed by atoms with E-state index in [1.165, 1.54) is 11.3 Å². The summed E-state index contributed by atoms with van der Waals surface area (Å²) in [5.41, 5.74) is 2.66. The first-order valence-corrected chi connectivity index (χ1v) is 6.98. The Morgan fingerprint density at radius 2 is 2.37 bits per heavy atom. The first-order chi connectivity index (χ1) is 9.16. The van der Waals surface area contributed by atoms with E-state index in [-0.39, 0.29) is 10.6 Å². The number of thiazole rings is 1. The number of piperidine rings is 1. The lowest BCUT2D eigenvalue weighted by atomic mass is 10.1. The zero-order valence-corrected chi connectivity index (χ0v) is 11.0. The average Bonchev–Trinajstić information content (AvgIpc) is 2.85. The van der Waals surface area contributed by atoms with Crippen LogP contribution in [-0.4, -0.2) is 34.2 Å². The Kier molecular flexibility index (Phi) is 3.08. The van der Waals surface area contributed by atoms with Crippen LogP contribution in [0.1, 0.15) is 12.8 Å². The van der Waals surface area contributed by atoms with E-state index in [0.717, 1.165) is 24.1 Å². The Bertz CT molecular complexity index is 628. The van der Waals surface area contributed by atoms with Crippen LogP contribution in [0.15, 0.2) is 17.6 Å². The fraction of sp³-hybridized carbons (Fsp3) is 0.417. The molecular formula is C12H13N3O3S. The third-order valence-electron chi connectivity index (χ3n) is 3.37. The van der Waals surface area contributed by atoms with Crippen molar-refractivity contribution in [2.24, 2.45) is 0 Å². The number of rotatable bonds is 2. The summed E-state index contributed by atoms with van der Waals surface area (Å²) in [7, 11) is 0. The van der Waals surface area contributed by atoms with E-state index in [1.54, 1.807) is 11.6 Å². The molecule has 0 radical (unpaired) electrons. The van der Waals surface area contributed by atoms with Crippen LogP contribution < -0.4 is 4.90 Å². The van der Waals surface area contributed by atoms with Crippen molar-refractivity contribution in [3.05, 3.63) is 27.8 Å². The van der Waals surface area contributed by atoms with Crippen LogP contribution >= 0.6 is 11.3 Å². The Labute approximate surface area is 113 Å². The summed E-state index contributed by atoms with van der Waals surface area (Å²) in [5, 5.41) is 21.1. The highest BCUT2D eigenvalue weighted by molar-refractivity contribution is 7.16. The molecule has 1 aromatic heterocycles. The minimum absolute atomic E-state index is 0.0489. The van der Waals surface area contributed by atoms with Gasteiger partial charge in [0.1, 0.15) is 5.69 Å². The van der Waals surface area contributed by atoms with Crippen molar-refractivity contribution in [3.8, 4) is 0 Å². The summed E-state index contributed by atoms with van der Waals surface area (Å²) in [5.74, 6) is 0. The predicted octanol–water partition coefficient (Wildman–Crippen LogP) is 2.17. The molecule has 3 rings (SSSR count). The molecule has 2 aromatic rings. The lowest BCUT2D eigenvalue weighted by Crippen LogP contribution is -2.38. The largest absolute Gasteiger partial charge is 0.391 e. The molecule has 1 fully saturated rings. The van der Waals surface area contributed by atoms with Crippen molar-refractivity contribution < 1.29 is 10.0 Å². The summed E-state index contributed by atoms with van der Waals surface area (Å²) >= 11 is 1.39. The Morgan fingerprint density at radius 3 is 3.11 bits per heavy atom. The molecule has 7 heteroatoms. The molecule has 0 saturated carbocycles. The monoisotopic (exact) mass is 279 g/mol. The first kappa shape index (κ1) is 12.3. The number of benzene rings is 1. The molecule has 1 aliphatic rings. The molecule has 1 saturated heterocycles. The lowest BCUT2D eigenvalue weighted by molar-refractivity contribution is -0.382. The van der Waals surface area contributed by atoms with Gasteiger partial charge in [-0.2, -0.15) is 0 Å². The zero-order chi connectivity index (χ0) is 13.4. The second-order valence-corrected chi connectivity index (χ2v) is 5.52. The van der Waals surface area contributed by atoms with Crippen LogP contribution in [0.25, 0.3) is 10.2 Å². The second kappa shape index (κ2) is 4.75. The van der Waals surface area contributed by atoms with E-state index in [1.807, 2.05) is 11.0 Å². The minimum atomic E-state index is -0.417. The fourth-order valence-electron chi connectivity index (χ4n) is 2.51. The van der Waals surface area contributed by atoms with Crippen LogP contribution in [0.3, 0.4) is 0 Å². The van der Waals surface area contributed by atoms with Gasteiger partial charge in [0.25, 0.3) is 0 Å². The van der Waals surface area contributed by atoms with Gasteiger partial charge in [0.2, 0.25) is 0 Å². The molecule has 1 aromatic carbocycles. The van der Waals surface area contributed by atoms with E-state index in [0.29, 0.717) is 17.7 Å². The lowest BCUT2D eigenvalue weighted by Gasteiger charge is -2.31. The van der Waals surface area contributed by atoms with Crippen molar-refractivity contribution >= 4 is 32.9 Å². The molecule has 2 heterocycles. The standard InChI is InChI=1S/C12H13N3O3S/c16-8-2-1-5-14(6-8)9-3-4-10-11(13-7-19-10)12(9)15(17)18/h3-4,7-8,16H,1-2,5-6H2/t8-/m0/s1. The fourth-order valence-corrected chi connectivity index (χ4v) is 3.19. The van der Waals surface area contributed by atoms with Crippen LogP contribution in [0, 0.1) is 10.1 Å². The van der Waals surface area contributed by atoms with Gasteiger partial charge in [-0.05, 0) is 25.0 Å². The number of hydrogen-bond acceptors (Lipinski definition) is 6. The van der Waals surface area contributed by atoms with Crippen LogP contribution in [0.4, 0.5) is 11.4 Å². The van der Waals surface area contributed by atoms with Crippen molar-refractivity contribution in [2.75, 3.05) is 18.0 Å². The van der Waals surface area contributed by atoms with Crippen molar-refractivity contribution in [2.45, 2.75) is 18.9 Å². The number of aromatic nitrogens is 1. The molecule has 0 bridgehead atoms. The SMILES string of the molecule is O=[N+]([O-])c1c(N2CCC[C@H](O)C2)ccc2scnc12. The predicted molar refractivity (Wildman–Crippen MR) is 73.7 cm³/mol. The molecule has 0 spiro atoms. The van der Waals surface area contributed by atoms with E-state index in [2.05, 4.69) is 4.98 Å². The Balaban J connectivity index is 2.11. The Morgan fingerprint density at radius 1 is 1.53 bits per heavy atom. The molecule has 0 amide bonds. The molecule has 19 heavy (non-hydrogen) atoms. The second-order valence-electron chi connectivity index (χ2n) is 4.63. The summed E-state index contributed by atoms with van der Waals surface area (Å²) in [6, 6.07) is 3.62. The molecular weight excluding hydrogens is 266 g/mol. The van der Waals surface area contributed by atoms with Crippen LogP contribution in [0.5, 0.6) is 0 Å². The van der Waals surface area contributed by atoms with Gasteiger partial charge < -0.3 is 10.0 Å². The number of anilines is 1. The maximum atomic E-state index is 11.3. The van der Waals surface area contributed by atoms with Crippen LogP contribution in [0.2, 0.25) is 0 Å². The normalized spacial score (nSPS) is 19.8. The number of nitro groups is 1. The van der Waals surface area contributed by atoms with Gasteiger partial charge in [-0.1, -0.05) is 0 Å². The number of aliphatic hydroxyl groups excluding tert-OH is 1. The number of nitrogens with zero attached hydrogens (tertiary/aromatic N) is 3. The maximum absolute atomic E-state index is 11.3. The van der Waals surface area contributed by atoms with Gasteiger partial charge in [0, 0.05) is 13.1 Å². The van der Waals surface area contributed by atoms with E-state index in [9.17, 15) is 15.2 Å². The summed E-state index contributed by atoms with van der Waals surface area (Å²) in [6.07, 6.45) is 1.18. The maximum Gasteiger partial charge on any atom is 0.319 e. The number of fused-ring (bicyclic) bond motifs is 1. The van der Waals surface area contributed by atoms with Gasteiger partial charge in [-0.15, -0.1) is 11.3 Å². The highest BCUT2D eigenvalue weighted by Crippen LogP contribution is 2.37. The van der Waals surface area contributed by atoms with E-state index in [4.69, 9.17) is 0 Å². The topological polar surface area (TPSA) is 79.5 Å². The van der Waals surface area contributed by atoms with E-state index >= 15 is 0 Å². The molecule has 0 unspecified atom stereocenters. The zero-order valence-electron chi connectivity index (χ0n) is 10.2. The van der Waals surface area contributed by atoms with Gasteiger partial charge in [0.05, 0.1) is 21.2 Å². The van der Waals surface area contributed by atoms with Crippen molar-refractivity contribution in [1.82, 2.24) is 4.98 Å². The average molecular weight is 279 g/mol. The molecule has 0 aliphatic carbocycles. The molecule has 1 aliphatic heterocycles. The number of nitro benzene ring substituents is 1. The van der Waals surface area contributed by atoms with Gasteiger partial charge in [-0.25, -0.2) is 4.98 Å². The smallest absolute Gasteiger partial charge is 0.319 e. The van der Waals surface area contributed by atoms with Crippen molar-refractivity contribution in [1.29, 1.82) is 0 Å². The third-order valence-corrected chi connectivity index (χ3v) is 4.17. The van der Waals surface area contributed by atoms with Gasteiger partial charge in [0.15, 0.2) is 5.52 Å². The number of β-amino-alcohol motifs (C(OH)–C–C–N with tert-alkyl or cyclic N) is 1. The third kappa shape index (κ3) is 2.15. The van der Waals surface area contributed by atoms with E-state index < -0.39 is 6.10 Å². The first-order valence-electron chi connectivity index (χ1n) is 6.10. The highest BCUT2D eigenvalue weighted by atomic mass is 32.1. The summed E-state index contributed by atoms with van der Waals surface area (Å²) in [4.78, 5) is 16.9. The molecule has 1 N–H and O–H groups in total. The van der Waals surface area contributed by atoms with Gasteiger partial charge >= 0.3 is 5.69 Å². The summed E-state index contributed by atoms with van der Waals surface area (Å²) < 4.78 is 0.813. The summed E-state index contributed by atoms with van der Waals surface area (Å²) in [6.45, 7) is 1.17. The highest BCUT2D eigenvalue weighted by Gasteiger charge is 2.27. The van der Waals surface area contributed by atoms with Crippen LogP contribution in [-0.2, 0) is 0 Å². The Hall–Kier alpha value is -1.73. The number of hydrogen-bond donors (Lipinski definition) is 1. The number of aliphatic hydroxyl groups is 1. The molecule has 1 atom stereocenters. The molecule has 100 valence electrons. The minimum Gasteiger partial charge on any atom is -0.391 e. The quantitative estimate of drug-likeness (QED) is 0.673. The van der Waals surface area contributed by atoms with Crippen molar-refractivity contribution in [3.63, 3.8) is 0 Å².